The molecule has 1 saturated heterocycles. The summed E-state index contributed by atoms with van der Waals surface area (Å²) in [4.78, 5) is 27.5. The lowest BCUT2D eigenvalue weighted by Gasteiger charge is -2.30. The van der Waals surface area contributed by atoms with E-state index >= 15 is 0 Å². The van der Waals surface area contributed by atoms with Crippen LogP contribution in [0.2, 0.25) is 0 Å². The molecule has 1 fully saturated rings. The highest BCUT2D eigenvalue weighted by Gasteiger charge is 2.22. The van der Waals surface area contributed by atoms with Gasteiger partial charge in [-0.1, -0.05) is 13.0 Å². The summed E-state index contributed by atoms with van der Waals surface area (Å²) in [6.45, 7) is 3.74. The predicted octanol–water partition coefficient (Wildman–Crippen LogP) is 3.71. The van der Waals surface area contributed by atoms with E-state index in [1.165, 1.54) is 33.5 Å². The van der Waals surface area contributed by atoms with E-state index in [-0.39, 0.29) is 16.6 Å². The number of likely N-dealkylation sites (tertiary alicyclic amines) is 1. The molecule has 9 heteroatoms. The first-order valence-electron chi connectivity index (χ1n) is 10.7. The summed E-state index contributed by atoms with van der Waals surface area (Å²) in [6.07, 6.45) is 2.03. The molecule has 0 atom stereocenters. The van der Waals surface area contributed by atoms with Crippen molar-refractivity contribution in [2.75, 3.05) is 39.7 Å². The fraction of sp³-hybridized carbons (Fsp3) is 0.375. The number of ether oxygens (including phenoxy) is 3. The van der Waals surface area contributed by atoms with E-state index in [0.717, 1.165) is 25.9 Å². The molecule has 176 valence electrons. The van der Waals surface area contributed by atoms with Crippen LogP contribution in [0.1, 0.15) is 40.5 Å². The molecule has 0 aliphatic carbocycles. The number of carbonyl (C=O) groups excluding carboxylic acids is 2. The first-order chi connectivity index (χ1) is 15.9. The summed E-state index contributed by atoms with van der Waals surface area (Å²) in [5.74, 6) is 1.31. The maximum Gasteiger partial charge on any atom is 0.257 e. The summed E-state index contributed by atoms with van der Waals surface area (Å²) >= 11 is 5.30. The SMILES string of the molecule is COc1cc(C(=O)NC(=S)Nc2cccc(C(=O)N3CCC(C)CC3)c2)cc(OC)c1OC. The quantitative estimate of drug-likeness (QED) is 0.621. The van der Waals surface area contributed by atoms with Crippen LogP contribution in [0.25, 0.3) is 0 Å². The molecule has 0 aromatic heterocycles. The van der Waals surface area contributed by atoms with Crippen LogP contribution in [0.15, 0.2) is 36.4 Å². The minimum atomic E-state index is -0.443. The molecule has 0 bridgehead atoms. The van der Waals surface area contributed by atoms with Crippen molar-refractivity contribution in [3.8, 4) is 17.2 Å². The van der Waals surface area contributed by atoms with Crippen LogP contribution < -0.4 is 24.8 Å². The monoisotopic (exact) mass is 471 g/mol. The van der Waals surface area contributed by atoms with Crippen LogP contribution in [0, 0.1) is 5.92 Å². The number of piperidine rings is 1. The second kappa shape index (κ2) is 11.0. The summed E-state index contributed by atoms with van der Waals surface area (Å²) in [6, 6.07) is 10.2. The van der Waals surface area contributed by atoms with Crippen molar-refractivity contribution in [1.29, 1.82) is 0 Å². The molecular weight excluding hydrogens is 442 g/mol. The van der Waals surface area contributed by atoms with Gasteiger partial charge in [-0.25, -0.2) is 0 Å². The third-order valence-electron chi connectivity index (χ3n) is 5.59. The Balaban J connectivity index is 1.67. The van der Waals surface area contributed by atoms with Gasteiger partial charge in [0.05, 0.1) is 21.3 Å². The Hall–Kier alpha value is -3.33. The van der Waals surface area contributed by atoms with Crippen molar-refractivity contribution in [3.63, 3.8) is 0 Å². The van der Waals surface area contributed by atoms with E-state index in [0.29, 0.717) is 34.4 Å². The minimum Gasteiger partial charge on any atom is -0.493 e. The van der Waals surface area contributed by atoms with E-state index in [2.05, 4.69) is 17.6 Å². The summed E-state index contributed by atoms with van der Waals surface area (Å²) < 4.78 is 15.9. The Morgan fingerprint density at radius 2 is 1.61 bits per heavy atom. The summed E-state index contributed by atoms with van der Waals surface area (Å²) in [7, 11) is 4.44. The lowest BCUT2D eigenvalue weighted by Crippen LogP contribution is -2.38. The highest BCUT2D eigenvalue weighted by Crippen LogP contribution is 2.38. The van der Waals surface area contributed by atoms with Crippen LogP contribution >= 0.6 is 12.2 Å². The Morgan fingerprint density at radius 1 is 0.970 bits per heavy atom. The van der Waals surface area contributed by atoms with Crippen molar-refractivity contribution in [3.05, 3.63) is 47.5 Å². The Morgan fingerprint density at radius 3 is 2.18 bits per heavy atom. The standard InChI is InChI=1S/C24H29N3O5S/c1-15-8-10-27(11-9-15)23(29)16-6-5-7-18(12-16)25-24(33)26-22(28)17-13-19(30-2)21(32-4)20(14-17)31-3/h5-7,12-15H,8-11H2,1-4H3,(H2,25,26,28,33). The number of amides is 2. The lowest BCUT2D eigenvalue weighted by molar-refractivity contribution is 0.0697. The van der Waals surface area contributed by atoms with Crippen molar-refractivity contribution < 1.29 is 23.8 Å². The molecule has 2 amide bonds. The van der Waals surface area contributed by atoms with Gasteiger partial charge in [-0.2, -0.15) is 0 Å². The molecule has 2 aromatic rings. The van der Waals surface area contributed by atoms with Gasteiger partial charge in [-0.15, -0.1) is 0 Å². The number of anilines is 1. The van der Waals surface area contributed by atoms with Crippen LogP contribution in [0.5, 0.6) is 17.2 Å². The highest BCUT2D eigenvalue weighted by molar-refractivity contribution is 7.80. The van der Waals surface area contributed by atoms with Gasteiger partial charge in [0, 0.05) is 29.9 Å². The number of rotatable bonds is 6. The molecule has 2 N–H and O–H groups in total. The second-order valence-electron chi connectivity index (χ2n) is 7.88. The minimum absolute atomic E-state index is 0.00192. The molecule has 1 aliphatic rings. The first kappa shape index (κ1) is 24.3. The number of nitrogens with one attached hydrogen (secondary N) is 2. The fourth-order valence-electron chi connectivity index (χ4n) is 3.67. The third kappa shape index (κ3) is 5.92. The number of thiocarbonyl (C=S) groups is 1. The molecule has 1 aliphatic heterocycles. The van der Waals surface area contributed by atoms with Gasteiger partial charge in [0.25, 0.3) is 11.8 Å². The number of nitrogens with zero attached hydrogens (tertiary/aromatic N) is 1. The second-order valence-corrected chi connectivity index (χ2v) is 8.29. The zero-order valence-corrected chi connectivity index (χ0v) is 20.1. The van der Waals surface area contributed by atoms with Gasteiger partial charge in [-0.05, 0) is 61.3 Å². The van der Waals surface area contributed by atoms with E-state index < -0.39 is 5.91 Å². The molecule has 2 aromatic carbocycles. The van der Waals surface area contributed by atoms with Gasteiger partial charge >= 0.3 is 0 Å². The first-order valence-corrected chi connectivity index (χ1v) is 11.1. The molecule has 0 radical (unpaired) electrons. The van der Waals surface area contributed by atoms with E-state index in [1.807, 2.05) is 4.90 Å². The van der Waals surface area contributed by atoms with Crippen LogP contribution in [-0.4, -0.2) is 56.2 Å². The molecule has 1 heterocycles. The van der Waals surface area contributed by atoms with E-state index in [4.69, 9.17) is 26.4 Å². The molecule has 33 heavy (non-hydrogen) atoms. The Bertz CT molecular complexity index is 1010. The summed E-state index contributed by atoms with van der Waals surface area (Å²) in [5, 5.41) is 5.71. The molecule has 0 unspecified atom stereocenters. The zero-order valence-electron chi connectivity index (χ0n) is 19.3. The summed E-state index contributed by atoms with van der Waals surface area (Å²) in [5.41, 5.74) is 1.48. The number of benzene rings is 2. The smallest absolute Gasteiger partial charge is 0.257 e. The largest absolute Gasteiger partial charge is 0.493 e. The predicted molar refractivity (Wildman–Crippen MR) is 131 cm³/mol. The number of carbonyl (C=O) groups is 2. The van der Waals surface area contributed by atoms with E-state index in [9.17, 15) is 9.59 Å². The third-order valence-corrected chi connectivity index (χ3v) is 5.80. The molecular formula is C24H29N3O5S. The lowest BCUT2D eigenvalue weighted by atomic mass is 9.98. The number of hydrogen-bond acceptors (Lipinski definition) is 6. The van der Waals surface area contributed by atoms with E-state index in [1.54, 1.807) is 24.3 Å². The molecule has 8 nitrogen and oxygen atoms in total. The van der Waals surface area contributed by atoms with Crippen LogP contribution in [0.4, 0.5) is 5.69 Å². The maximum absolute atomic E-state index is 12.8. The topological polar surface area (TPSA) is 89.1 Å². The van der Waals surface area contributed by atoms with Gasteiger partial charge in [0.1, 0.15) is 0 Å². The van der Waals surface area contributed by atoms with Crippen molar-refractivity contribution in [2.45, 2.75) is 19.8 Å². The number of methoxy groups -OCH3 is 3. The Kier molecular flexibility index (Phi) is 8.11. The van der Waals surface area contributed by atoms with Gasteiger partial charge < -0.3 is 24.4 Å². The van der Waals surface area contributed by atoms with Gasteiger partial charge in [-0.3, -0.25) is 14.9 Å². The molecule has 0 saturated carbocycles. The normalized spacial score (nSPS) is 13.8. The molecule has 3 rings (SSSR count). The molecule has 0 spiro atoms. The van der Waals surface area contributed by atoms with Crippen LogP contribution in [0.3, 0.4) is 0 Å². The van der Waals surface area contributed by atoms with Gasteiger partial charge in [0.15, 0.2) is 16.6 Å². The highest BCUT2D eigenvalue weighted by atomic mass is 32.1. The van der Waals surface area contributed by atoms with Crippen molar-refractivity contribution in [2.24, 2.45) is 5.92 Å². The zero-order chi connectivity index (χ0) is 24.0. The van der Waals surface area contributed by atoms with Crippen LogP contribution in [-0.2, 0) is 0 Å². The average Bonchev–Trinajstić information content (AvgIpc) is 2.83. The number of hydrogen-bond donors (Lipinski definition) is 2. The van der Waals surface area contributed by atoms with Gasteiger partial charge in [0.2, 0.25) is 5.75 Å². The fourth-order valence-corrected chi connectivity index (χ4v) is 3.88. The van der Waals surface area contributed by atoms with Crippen molar-refractivity contribution >= 4 is 34.8 Å². The van der Waals surface area contributed by atoms with Crippen molar-refractivity contribution in [1.82, 2.24) is 10.2 Å². The maximum atomic E-state index is 12.8. The Labute approximate surface area is 199 Å². The average molecular weight is 472 g/mol.